The number of nitrogens with zero attached hydrogens (tertiary/aromatic N) is 2. The van der Waals surface area contributed by atoms with Crippen LogP contribution in [0.4, 0.5) is 34.1 Å². The van der Waals surface area contributed by atoms with E-state index in [1.807, 2.05) is 0 Å². The normalized spacial score (nSPS) is 13.0. The zero-order chi connectivity index (χ0) is 49.4. The maximum Gasteiger partial charge on any atom is 0.0784 e. The highest BCUT2D eigenvalue weighted by atomic mass is 28.3. The van der Waals surface area contributed by atoms with Crippen LogP contribution in [0.2, 0.25) is 39.3 Å². The second kappa shape index (κ2) is 16.0. The number of hydrogen-bond acceptors (Lipinski definition) is 2. The number of aryl methyl sites for hydroxylation is 2. The van der Waals surface area contributed by atoms with Gasteiger partial charge in [-0.05, 0) is 184 Å². The number of fused-ring (bicyclic) bond motifs is 8. The molecule has 0 saturated heterocycles. The van der Waals surface area contributed by atoms with Gasteiger partial charge in [0.05, 0.1) is 16.1 Å². The molecule has 0 atom stereocenters. The average molecular weight is 945 g/mol. The minimum atomic E-state index is -1.89. The molecule has 0 radical (unpaired) electrons. The van der Waals surface area contributed by atoms with Gasteiger partial charge in [-0.15, -0.1) is 0 Å². The van der Waals surface area contributed by atoms with Gasteiger partial charge in [0.15, 0.2) is 0 Å². The maximum absolute atomic E-state index is 2.54. The first kappa shape index (κ1) is 45.9. The van der Waals surface area contributed by atoms with Crippen LogP contribution < -0.4 is 20.2 Å². The summed E-state index contributed by atoms with van der Waals surface area (Å²) in [5.41, 5.74) is 12.3. The highest BCUT2D eigenvalue weighted by Crippen LogP contribution is 2.52. The lowest BCUT2D eigenvalue weighted by Gasteiger charge is -2.27. The highest BCUT2D eigenvalue weighted by Gasteiger charge is 2.32. The molecule has 11 rings (SSSR count). The van der Waals surface area contributed by atoms with E-state index in [-0.39, 0.29) is 10.8 Å². The Labute approximate surface area is 418 Å². The average Bonchev–Trinajstić information content (AvgIpc) is 3.80. The van der Waals surface area contributed by atoms with Gasteiger partial charge in [0.2, 0.25) is 0 Å². The number of rotatable bonds is 8. The largest absolute Gasteiger partial charge is 0.310 e. The summed E-state index contributed by atoms with van der Waals surface area (Å²) >= 11 is 0. The molecule has 0 unspecified atom stereocenters. The molecule has 0 aromatic heterocycles. The molecule has 0 fully saturated rings. The topological polar surface area (TPSA) is 6.48 Å². The highest BCUT2D eigenvalue weighted by molar-refractivity contribution is 6.92. The van der Waals surface area contributed by atoms with Crippen molar-refractivity contribution in [1.29, 1.82) is 0 Å². The van der Waals surface area contributed by atoms with E-state index in [4.69, 9.17) is 0 Å². The lowest BCUT2D eigenvalue weighted by Crippen LogP contribution is -2.39. The molecule has 0 aliphatic carbocycles. The second-order valence-electron chi connectivity index (χ2n) is 24.5. The molecule has 0 amide bonds. The molecule has 70 heavy (non-hydrogen) atoms. The molecule has 0 heterocycles. The third-order valence-electron chi connectivity index (χ3n) is 15.2. The van der Waals surface area contributed by atoms with E-state index in [1.54, 1.807) is 10.4 Å². The van der Waals surface area contributed by atoms with E-state index in [0.29, 0.717) is 0 Å². The van der Waals surface area contributed by atoms with Gasteiger partial charge < -0.3 is 9.80 Å². The zero-order valence-corrected chi connectivity index (χ0v) is 45.9. The predicted molar refractivity (Wildman–Crippen MR) is 316 cm³/mol. The fourth-order valence-corrected chi connectivity index (χ4v) is 14.8. The minimum absolute atomic E-state index is 0.0712. The van der Waals surface area contributed by atoms with Crippen LogP contribution in [0.1, 0.15) is 63.8 Å². The van der Waals surface area contributed by atoms with Crippen molar-refractivity contribution in [3.63, 3.8) is 0 Å². The Morgan fingerprint density at radius 2 is 0.600 bits per heavy atom. The van der Waals surface area contributed by atoms with Gasteiger partial charge in [-0.25, -0.2) is 0 Å². The van der Waals surface area contributed by atoms with Crippen molar-refractivity contribution in [2.45, 2.75) is 106 Å². The molecule has 0 aliphatic rings. The molecule has 2 nitrogen and oxygen atoms in total. The van der Waals surface area contributed by atoms with Crippen molar-refractivity contribution >= 4 is 125 Å². The van der Waals surface area contributed by atoms with Gasteiger partial charge in [-0.2, -0.15) is 0 Å². The zero-order valence-electron chi connectivity index (χ0n) is 43.9. The standard InChI is InChI=1S/C66H68N2Si2/c1-41-17-15-19-47(37-41)67(45-25-21-43(22-26-45)65(3,4)5)49-29-31-51-55(39-49)53-33-35-57(69(9,10)11)64-60-52-32-30-50(40-56(52)54-34-36-58(70(12,13)14)63(62(54)60)59(51)61(53)64)68(48-20-16-18-42(2)38-48)46-27-23-44(24-28-46)66(6,7)8/h15-40H,1-14H3. The third-order valence-corrected chi connectivity index (χ3v) is 19.2. The molecular formula is C66H68N2Si2. The van der Waals surface area contributed by atoms with E-state index >= 15 is 0 Å². The smallest absolute Gasteiger partial charge is 0.0784 e. The molecule has 0 N–H and O–H groups in total. The molecule has 4 heteroatoms. The fraction of sp³-hybridized carbons (Fsp3) is 0.242. The van der Waals surface area contributed by atoms with E-state index < -0.39 is 16.1 Å². The molecule has 11 aromatic rings. The molecule has 0 aliphatic heterocycles. The number of benzene rings is 9. The molecular weight excluding hydrogens is 877 g/mol. The van der Waals surface area contributed by atoms with E-state index in [9.17, 15) is 0 Å². The van der Waals surface area contributed by atoms with Crippen LogP contribution in [0, 0.1) is 13.8 Å². The summed E-state index contributed by atoms with van der Waals surface area (Å²) in [6.45, 7) is 33.4. The first-order valence-corrected chi connectivity index (χ1v) is 32.4. The molecule has 350 valence electrons. The van der Waals surface area contributed by atoms with E-state index in [2.05, 4.69) is 262 Å². The van der Waals surface area contributed by atoms with Crippen molar-refractivity contribution in [1.82, 2.24) is 0 Å². The number of anilines is 6. The summed E-state index contributed by atoms with van der Waals surface area (Å²) in [4.78, 5) is 4.92. The van der Waals surface area contributed by atoms with Crippen LogP contribution in [-0.2, 0) is 10.8 Å². The first-order valence-electron chi connectivity index (χ1n) is 25.4. The third kappa shape index (κ3) is 7.49. The quantitative estimate of drug-likeness (QED) is 0.111. The summed E-state index contributed by atoms with van der Waals surface area (Å²) in [7, 11) is -3.78. The van der Waals surface area contributed by atoms with Crippen molar-refractivity contribution in [3.8, 4) is 0 Å². The summed E-state index contributed by atoms with van der Waals surface area (Å²) in [5, 5.41) is 19.9. The first-order chi connectivity index (χ1) is 33.1. The van der Waals surface area contributed by atoms with Crippen molar-refractivity contribution < 1.29 is 0 Å². The second-order valence-corrected chi connectivity index (χ2v) is 34.6. The van der Waals surface area contributed by atoms with E-state index in [0.717, 1.165) is 0 Å². The predicted octanol–water partition coefficient (Wildman–Crippen LogP) is 18.7. The minimum Gasteiger partial charge on any atom is -0.310 e. The Morgan fingerprint density at radius 1 is 0.300 bits per heavy atom. The van der Waals surface area contributed by atoms with Gasteiger partial charge >= 0.3 is 0 Å². The van der Waals surface area contributed by atoms with Gasteiger partial charge in [0, 0.05) is 34.1 Å². The van der Waals surface area contributed by atoms with Gasteiger partial charge in [-0.1, -0.05) is 176 Å². The summed E-state index contributed by atoms with van der Waals surface area (Å²) < 4.78 is 0. The molecule has 0 spiro atoms. The fourth-order valence-electron chi connectivity index (χ4n) is 11.6. The Bertz CT molecular complexity index is 3560. The van der Waals surface area contributed by atoms with Crippen LogP contribution in [-0.4, -0.2) is 16.1 Å². The lowest BCUT2D eigenvalue weighted by atomic mass is 9.87. The molecule has 11 aromatic carbocycles. The van der Waals surface area contributed by atoms with Crippen LogP contribution >= 0.6 is 0 Å². The Hall–Kier alpha value is -6.47. The van der Waals surface area contributed by atoms with Gasteiger partial charge in [0.1, 0.15) is 0 Å². The number of hydrogen-bond donors (Lipinski definition) is 0. The van der Waals surface area contributed by atoms with E-state index in [1.165, 1.54) is 121 Å². The van der Waals surface area contributed by atoms with Crippen molar-refractivity contribution in [2.24, 2.45) is 0 Å². The van der Waals surface area contributed by atoms with Gasteiger partial charge in [0.25, 0.3) is 0 Å². The Kier molecular flexibility index (Phi) is 10.5. The Balaban J connectivity index is 1.23. The summed E-state index contributed by atoms with van der Waals surface area (Å²) in [6, 6.07) is 61.2. The SMILES string of the molecule is Cc1cccc(N(c2ccc(C(C)(C)C)cc2)c2ccc3c(c2)c2ccc([Si](C)(C)C)c4c5c6ccc(N(c7ccc(C(C)(C)C)cc7)c7cccc(C)c7)cc6c6ccc([Si](C)(C)C)c(c3c24)c65)c1. The monoisotopic (exact) mass is 944 g/mol. The summed E-state index contributed by atoms with van der Waals surface area (Å²) in [6.07, 6.45) is 0. The lowest BCUT2D eigenvalue weighted by molar-refractivity contribution is 0.590. The van der Waals surface area contributed by atoms with Crippen molar-refractivity contribution in [3.05, 3.63) is 180 Å². The van der Waals surface area contributed by atoms with Crippen LogP contribution in [0.5, 0.6) is 0 Å². The van der Waals surface area contributed by atoms with Crippen LogP contribution in [0.25, 0.3) is 64.6 Å². The van der Waals surface area contributed by atoms with Crippen molar-refractivity contribution in [2.75, 3.05) is 9.80 Å². The van der Waals surface area contributed by atoms with Crippen LogP contribution in [0.15, 0.2) is 158 Å². The summed E-state index contributed by atoms with van der Waals surface area (Å²) in [5.74, 6) is 0. The molecule has 0 saturated carbocycles. The van der Waals surface area contributed by atoms with Gasteiger partial charge in [-0.3, -0.25) is 0 Å². The maximum atomic E-state index is 2.54. The Morgan fingerprint density at radius 3 is 0.900 bits per heavy atom. The molecule has 0 bridgehead atoms. The van der Waals surface area contributed by atoms with Crippen LogP contribution in [0.3, 0.4) is 0 Å².